The maximum absolute atomic E-state index is 6.22. The Balaban J connectivity index is 0.00000256. The molecule has 30 heavy (non-hydrogen) atoms. The Morgan fingerprint density at radius 3 is 0.667 bits per heavy atom. The van der Waals surface area contributed by atoms with Crippen molar-refractivity contribution in [2.24, 2.45) is 0 Å². The van der Waals surface area contributed by atoms with E-state index in [1.807, 2.05) is 48.5 Å². The molecule has 0 saturated carbocycles. The topological polar surface area (TPSA) is 0 Å². The Bertz CT molecular complexity index is 922. The van der Waals surface area contributed by atoms with Crippen LogP contribution >= 0.6 is 46.4 Å². The molecule has 0 saturated heterocycles. The van der Waals surface area contributed by atoms with E-state index in [2.05, 4.69) is 48.5 Å². The van der Waals surface area contributed by atoms with E-state index in [1.165, 1.54) is 0 Å². The van der Waals surface area contributed by atoms with Gasteiger partial charge in [-0.05, 0) is 48.5 Å². The first-order chi connectivity index (χ1) is 14.0. The Morgan fingerprint density at radius 2 is 0.500 bits per heavy atom. The Kier molecular flexibility index (Phi) is 7.70. The molecule has 0 spiro atoms. The number of hydrogen-bond donors (Lipinski definition) is 0. The van der Waals surface area contributed by atoms with Crippen molar-refractivity contribution in [1.29, 1.82) is 0 Å². The van der Waals surface area contributed by atoms with Crippen LogP contribution in [-0.4, -0.2) is 6.15 Å². The quantitative estimate of drug-likeness (QED) is 0.408. The molecule has 144 valence electrons. The second-order valence-corrected chi connectivity index (χ2v) is 8.82. The van der Waals surface area contributed by atoms with E-state index >= 15 is 0 Å². The average molecular weight is 464 g/mol. The molecule has 0 amide bonds. The maximum Gasteiger partial charge on any atom is 1.00 e. The van der Waals surface area contributed by atoms with Crippen molar-refractivity contribution in [3.8, 4) is 0 Å². The first-order valence-corrected chi connectivity index (χ1v) is 10.7. The Labute approximate surface area is 209 Å². The van der Waals surface area contributed by atoms with Gasteiger partial charge in [0.1, 0.15) is 6.15 Å². The van der Waals surface area contributed by atoms with Crippen molar-refractivity contribution in [2.75, 3.05) is 0 Å². The maximum atomic E-state index is 6.22. The van der Waals surface area contributed by atoms with Crippen LogP contribution in [0.5, 0.6) is 0 Å². The minimum atomic E-state index is -1.51. The second kappa shape index (κ2) is 9.88. The molecule has 0 bridgehead atoms. The first kappa shape index (κ1) is 23.4. The summed E-state index contributed by atoms with van der Waals surface area (Å²) < 4.78 is 0. The zero-order valence-electron chi connectivity index (χ0n) is 16.3. The molecular formula is C24H16BCl4Li. The van der Waals surface area contributed by atoms with Gasteiger partial charge in [-0.1, -0.05) is 94.9 Å². The monoisotopic (exact) mass is 462 g/mol. The first-order valence-electron chi connectivity index (χ1n) is 9.20. The molecule has 0 aliphatic heterocycles. The summed E-state index contributed by atoms with van der Waals surface area (Å²) in [7, 11) is 0. The molecule has 0 heterocycles. The van der Waals surface area contributed by atoms with Gasteiger partial charge in [0, 0.05) is 20.1 Å². The smallest absolute Gasteiger partial charge is 0.195 e. The van der Waals surface area contributed by atoms with Gasteiger partial charge >= 0.3 is 18.9 Å². The van der Waals surface area contributed by atoms with E-state index in [0.29, 0.717) is 20.1 Å². The van der Waals surface area contributed by atoms with Crippen molar-refractivity contribution in [3.63, 3.8) is 0 Å². The van der Waals surface area contributed by atoms with Crippen LogP contribution in [0.25, 0.3) is 0 Å². The fourth-order valence-electron chi connectivity index (χ4n) is 4.16. The Hall–Kier alpha value is -1.30. The molecule has 0 unspecified atom stereocenters. The predicted octanol–water partition coefficient (Wildman–Crippen LogP) is 2.68. The molecule has 0 nitrogen and oxygen atoms in total. The van der Waals surface area contributed by atoms with E-state index in [4.69, 9.17) is 46.4 Å². The van der Waals surface area contributed by atoms with E-state index in [1.54, 1.807) is 0 Å². The zero-order chi connectivity index (χ0) is 20.4. The molecule has 0 radical (unpaired) electrons. The second-order valence-electron chi connectivity index (χ2n) is 7.07. The minimum Gasteiger partial charge on any atom is -0.195 e. The summed E-state index contributed by atoms with van der Waals surface area (Å²) in [6, 6.07) is 32.1. The van der Waals surface area contributed by atoms with Gasteiger partial charge in [-0.25, -0.2) is 0 Å². The van der Waals surface area contributed by atoms with Gasteiger partial charge in [0.25, 0.3) is 0 Å². The third-order valence-corrected chi connectivity index (χ3v) is 6.49. The van der Waals surface area contributed by atoms with Crippen molar-refractivity contribution in [3.05, 3.63) is 117 Å². The van der Waals surface area contributed by atoms with Crippen molar-refractivity contribution in [1.82, 2.24) is 0 Å². The fraction of sp³-hybridized carbons (Fsp3) is 0. The largest absolute Gasteiger partial charge is 1.00 e. The molecule has 0 N–H and O–H groups in total. The molecule has 4 aromatic rings. The van der Waals surface area contributed by atoms with Crippen LogP contribution in [0.1, 0.15) is 0 Å². The van der Waals surface area contributed by atoms with Crippen LogP contribution in [0.4, 0.5) is 0 Å². The van der Waals surface area contributed by atoms with E-state index in [0.717, 1.165) is 21.9 Å². The van der Waals surface area contributed by atoms with E-state index in [9.17, 15) is 0 Å². The van der Waals surface area contributed by atoms with Gasteiger partial charge in [0.05, 0.1) is 0 Å². The summed E-state index contributed by atoms with van der Waals surface area (Å²) in [6.45, 7) is 0. The van der Waals surface area contributed by atoms with Crippen LogP contribution in [0.3, 0.4) is 0 Å². The molecule has 0 aromatic heterocycles. The van der Waals surface area contributed by atoms with Crippen LogP contribution in [0.15, 0.2) is 97.1 Å². The van der Waals surface area contributed by atoms with Crippen molar-refractivity contribution in [2.45, 2.75) is 0 Å². The summed E-state index contributed by atoms with van der Waals surface area (Å²) in [6.07, 6.45) is -1.51. The van der Waals surface area contributed by atoms with Crippen molar-refractivity contribution < 1.29 is 18.9 Å². The average Bonchev–Trinajstić information content (AvgIpc) is 2.73. The van der Waals surface area contributed by atoms with Crippen LogP contribution in [0, 0.1) is 0 Å². The summed E-state index contributed by atoms with van der Waals surface area (Å²) in [4.78, 5) is 0. The van der Waals surface area contributed by atoms with Gasteiger partial charge in [-0.2, -0.15) is 21.9 Å². The summed E-state index contributed by atoms with van der Waals surface area (Å²) >= 11 is 24.9. The van der Waals surface area contributed by atoms with Gasteiger partial charge in [-0.3, -0.25) is 0 Å². The summed E-state index contributed by atoms with van der Waals surface area (Å²) in [5.41, 5.74) is 4.56. The molecule has 4 rings (SSSR count). The van der Waals surface area contributed by atoms with E-state index in [-0.39, 0.29) is 18.9 Å². The summed E-state index contributed by atoms with van der Waals surface area (Å²) in [5, 5.41) is 2.78. The van der Waals surface area contributed by atoms with Gasteiger partial charge < -0.3 is 0 Å². The number of hydrogen-bond acceptors (Lipinski definition) is 0. The fourth-order valence-corrected chi connectivity index (χ4v) is 4.66. The molecule has 0 atom stereocenters. The summed E-state index contributed by atoms with van der Waals surface area (Å²) in [5.74, 6) is 0. The predicted molar refractivity (Wildman–Crippen MR) is 130 cm³/mol. The van der Waals surface area contributed by atoms with E-state index < -0.39 is 6.15 Å². The number of benzene rings is 4. The molecule has 4 aromatic carbocycles. The third-order valence-electron chi connectivity index (χ3n) is 5.48. The third kappa shape index (κ3) is 4.49. The molecule has 6 heteroatoms. The standard InChI is InChI=1S/C24H16BCl4.Li/c26-21-9-1-17(2-10-21)25(18-3-11-22(27)12-4-18,19-5-13-23(28)14-6-19)20-7-15-24(29)16-8-20;/h1-16H;/q-1;+1. The molecule has 0 aliphatic carbocycles. The van der Waals surface area contributed by atoms with Gasteiger partial charge in [0.2, 0.25) is 0 Å². The Morgan fingerprint density at radius 1 is 0.333 bits per heavy atom. The number of rotatable bonds is 4. The van der Waals surface area contributed by atoms with Gasteiger partial charge in [0.15, 0.2) is 0 Å². The van der Waals surface area contributed by atoms with Crippen LogP contribution in [0.2, 0.25) is 20.1 Å². The van der Waals surface area contributed by atoms with Crippen LogP contribution < -0.4 is 40.7 Å². The SMILES string of the molecule is Clc1ccc([B-](c2ccc(Cl)cc2)(c2ccc(Cl)cc2)c2ccc(Cl)cc2)cc1.[Li+]. The van der Waals surface area contributed by atoms with Gasteiger partial charge in [-0.15, -0.1) is 0 Å². The minimum absolute atomic E-state index is 0. The molecule has 0 fully saturated rings. The molecular weight excluding hydrogens is 448 g/mol. The number of halogens is 4. The molecule has 0 aliphatic rings. The normalized spacial score (nSPS) is 11.1. The van der Waals surface area contributed by atoms with Crippen LogP contribution in [-0.2, 0) is 0 Å². The van der Waals surface area contributed by atoms with Crippen molar-refractivity contribution >= 4 is 74.4 Å². The zero-order valence-corrected chi connectivity index (χ0v) is 19.4.